The van der Waals surface area contributed by atoms with Crippen molar-refractivity contribution >= 4 is 11.7 Å². The third kappa shape index (κ3) is 4.85. The first-order chi connectivity index (χ1) is 9.58. The second-order valence-corrected chi connectivity index (χ2v) is 3.98. The molecule has 1 unspecified atom stereocenters. The van der Waals surface area contributed by atoms with Crippen molar-refractivity contribution < 1.29 is 19.2 Å². The van der Waals surface area contributed by atoms with Crippen LogP contribution in [0, 0.1) is 10.1 Å². The van der Waals surface area contributed by atoms with Gasteiger partial charge in [-0.3, -0.25) is 14.9 Å². The number of nitro benzene ring substituents is 1. The van der Waals surface area contributed by atoms with Crippen LogP contribution in [0.5, 0.6) is 5.75 Å². The first-order valence-electron chi connectivity index (χ1n) is 6.29. The number of hydrogen-bond donors (Lipinski definition) is 1. The number of rotatable bonds is 8. The van der Waals surface area contributed by atoms with Gasteiger partial charge in [-0.15, -0.1) is 0 Å². The first kappa shape index (κ1) is 15.9. The number of nitro groups is 1. The van der Waals surface area contributed by atoms with Crippen molar-refractivity contribution in [1.82, 2.24) is 5.32 Å². The van der Waals surface area contributed by atoms with E-state index in [0.717, 1.165) is 0 Å². The summed E-state index contributed by atoms with van der Waals surface area (Å²) in [7, 11) is 1.67. The fourth-order valence-corrected chi connectivity index (χ4v) is 1.58. The van der Waals surface area contributed by atoms with Crippen LogP contribution in [0.3, 0.4) is 0 Å². The molecule has 7 nitrogen and oxygen atoms in total. The Morgan fingerprint density at radius 1 is 1.40 bits per heavy atom. The minimum Gasteiger partial charge on any atom is -0.494 e. The van der Waals surface area contributed by atoms with E-state index in [1.807, 2.05) is 0 Å². The Bertz CT molecular complexity index is 447. The normalized spacial score (nSPS) is 11.7. The largest absolute Gasteiger partial charge is 0.494 e. The summed E-state index contributed by atoms with van der Waals surface area (Å²) >= 11 is 0. The minimum atomic E-state index is -0.471. The summed E-state index contributed by atoms with van der Waals surface area (Å²) < 4.78 is 10.3. The van der Waals surface area contributed by atoms with Crippen molar-refractivity contribution in [3.8, 4) is 5.75 Å². The van der Waals surface area contributed by atoms with Gasteiger partial charge in [-0.2, -0.15) is 0 Å². The molecule has 1 rings (SSSR count). The van der Waals surface area contributed by atoms with Crippen LogP contribution in [-0.4, -0.2) is 37.2 Å². The smallest absolute Gasteiger partial charge is 0.323 e. The predicted octanol–water partition coefficient (Wildman–Crippen LogP) is 1.51. The molecule has 0 aliphatic rings. The van der Waals surface area contributed by atoms with E-state index in [1.165, 1.54) is 24.3 Å². The molecule has 7 heteroatoms. The zero-order chi connectivity index (χ0) is 15.0. The lowest BCUT2D eigenvalue weighted by molar-refractivity contribution is -0.384. The van der Waals surface area contributed by atoms with Crippen LogP contribution in [-0.2, 0) is 9.53 Å². The summed E-state index contributed by atoms with van der Waals surface area (Å²) in [5.41, 5.74) is 0.0111. The van der Waals surface area contributed by atoms with E-state index in [1.54, 1.807) is 14.0 Å². The molecule has 1 aromatic rings. The van der Waals surface area contributed by atoms with Crippen molar-refractivity contribution in [3.63, 3.8) is 0 Å². The molecule has 1 N–H and O–H groups in total. The third-order valence-corrected chi connectivity index (χ3v) is 2.64. The summed E-state index contributed by atoms with van der Waals surface area (Å²) in [5, 5.41) is 13.3. The SMILES string of the molecule is CCOC(=O)C(CCOc1ccc([N+](=O)[O-])cc1)NC. The van der Waals surface area contributed by atoms with Gasteiger partial charge in [-0.05, 0) is 26.1 Å². The van der Waals surface area contributed by atoms with Crippen molar-refractivity contribution in [3.05, 3.63) is 34.4 Å². The zero-order valence-corrected chi connectivity index (χ0v) is 11.5. The summed E-state index contributed by atoms with van der Waals surface area (Å²) in [6.07, 6.45) is 0.451. The molecule has 0 amide bonds. The minimum absolute atomic E-state index is 0.0111. The van der Waals surface area contributed by atoms with Crippen LogP contribution < -0.4 is 10.1 Å². The molecule has 0 bridgehead atoms. The summed E-state index contributed by atoms with van der Waals surface area (Å²) in [4.78, 5) is 21.5. The highest BCUT2D eigenvalue weighted by Gasteiger charge is 2.17. The molecule has 0 aliphatic carbocycles. The molecule has 20 heavy (non-hydrogen) atoms. The number of benzene rings is 1. The summed E-state index contributed by atoms with van der Waals surface area (Å²) in [5.74, 6) is 0.205. The Hall–Kier alpha value is -2.15. The van der Waals surface area contributed by atoms with E-state index in [0.29, 0.717) is 25.4 Å². The van der Waals surface area contributed by atoms with Crippen LogP contribution in [0.4, 0.5) is 5.69 Å². The van der Waals surface area contributed by atoms with E-state index in [9.17, 15) is 14.9 Å². The average Bonchev–Trinajstić information content (AvgIpc) is 2.44. The number of nitrogens with one attached hydrogen (secondary N) is 1. The number of ether oxygens (including phenoxy) is 2. The molecule has 0 saturated carbocycles. The van der Waals surface area contributed by atoms with Crippen LogP contribution in [0.2, 0.25) is 0 Å². The van der Waals surface area contributed by atoms with Gasteiger partial charge in [-0.25, -0.2) is 0 Å². The molecule has 1 aromatic carbocycles. The number of non-ortho nitro benzene ring substituents is 1. The number of carbonyl (C=O) groups excluding carboxylic acids is 1. The van der Waals surface area contributed by atoms with Crippen LogP contribution in [0.25, 0.3) is 0 Å². The summed E-state index contributed by atoms with van der Waals surface area (Å²) in [6.45, 7) is 2.39. The Labute approximate surface area is 117 Å². The van der Waals surface area contributed by atoms with Crippen molar-refractivity contribution in [1.29, 1.82) is 0 Å². The quantitative estimate of drug-likeness (QED) is 0.441. The standard InChI is InChI=1S/C13H18N2O5/c1-3-19-13(16)12(14-2)8-9-20-11-6-4-10(5-7-11)15(17)18/h4-7,12,14H,3,8-9H2,1-2H3. The molecule has 1 atom stereocenters. The maximum atomic E-state index is 11.5. The monoisotopic (exact) mass is 282 g/mol. The van der Waals surface area contributed by atoms with Gasteiger partial charge >= 0.3 is 5.97 Å². The van der Waals surface area contributed by atoms with E-state index in [-0.39, 0.29) is 11.7 Å². The lowest BCUT2D eigenvalue weighted by atomic mass is 10.2. The number of likely N-dealkylation sites (N-methyl/N-ethyl adjacent to an activating group) is 1. The van der Waals surface area contributed by atoms with Gasteiger partial charge in [0, 0.05) is 18.6 Å². The lowest BCUT2D eigenvalue weighted by Gasteiger charge is -2.14. The highest BCUT2D eigenvalue weighted by Crippen LogP contribution is 2.17. The number of hydrogen-bond acceptors (Lipinski definition) is 6. The molecule has 0 aromatic heterocycles. The van der Waals surface area contributed by atoms with Gasteiger partial charge in [0.15, 0.2) is 0 Å². The fourth-order valence-electron chi connectivity index (χ4n) is 1.58. The van der Waals surface area contributed by atoms with Crippen molar-refractivity contribution in [2.24, 2.45) is 0 Å². The average molecular weight is 282 g/mol. The topological polar surface area (TPSA) is 90.7 Å². The van der Waals surface area contributed by atoms with E-state index < -0.39 is 11.0 Å². The molecule has 0 fully saturated rings. The summed E-state index contributed by atoms with van der Waals surface area (Å²) in [6, 6.07) is 5.37. The Morgan fingerprint density at radius 3 is 2.55 bits per heavy atom. The molecular formula is C13H18N2O5. The van der Waals surface area contributed by atoms with Crippen LogP contribution in [0.15, 0.2) is 24.3 Å². The Morgan fingerprint density at radius 2 is 2.05 bits per heavy atom. The Balaban J connectivity index is 2.42. The fraction of sp³-hybridized carbons (Fsp3) is 0.462. The van der Waals surface area contributed by atoms with Gasteiger partial charge in [0.2, 0.25) is 0 Å². The second kappa shape index (κ2) is 8.11. The zero-order valence-electron chi connectivity index (χ0n) is 11.5. The van der Waals surface area contributed by atoms with E-state index in [4.69, 9.17) is 9.47 Å². The van der Waals surface area contributed by atoms with Gasteiger partial charge in [0.25, 0.3) is 5.69 Å². The Kier molecular flexibility index (Phi) is 6.45. The predicted molar refractivity (Wildman–Crippen MR) is 72.7 cm³/mol. The van der Waals surface area contributed by atoms with Gasteiger partial charge in [0.1, 0.15) is 11.8 Å². The number of nitrogens with zero attached hydrogens (tertiary/aromatic N) is 1. The van der Waals surface area contributed by atoms with Crippen LogP contribution in [0.1, 0.15) is 13.3 Å². The van der Waals surface area contributed by atoms with E-state index in [2.05, 4.69) is 5.32 Å². The molecule has 0 spiro atoms. The van der Waals surface area contributed by atoms with Gasteiger partial charge in [-0.1, -0.05) is 0 Å². The highest BCUT2D eigenvalue weighted by atomic mass is 16.6. The van der Waals surface area contributed by atoms with Crippen molar-refractivity contribution in [2.45, 2.75) is 19.4 Å². The molecule has 0 heterocycles. The first-order valence-corrected chi connectivity index (χ1v) is 6.29. The maximum Gasteiger partial charge on any atom is 0.323 e. The second-order valence-electron chi connectivity index (χ2n) is 3.98. The van der Waals surface area contributed by atoms with Gasteiger partial charge in [0.05, 0.1) is 18.1 Å². The van der Waals surface area contributed by atoms with Crippen LogP contribution >= 0.6 is 0 Å². The van der Waals surface area contributed by atoms with Crippen molar-refractivity contribution in [2.75, 3.05) is 20.3 Å². The molecule has 0 saturated heterocycles. The lowest BCUT2D eigenvalue weighted by Crippen LogP contribution is -2.36. The molecule has 110 valence electrons. The highest BCUT2D eigenvalue weighted by molar-refractivity contribution is 5.75. The van der Waals surface area contributed by atoms with Gasteiger partial charge < -0.3 is 14.8 Å². The molecule has 0 radical (unpaired) electrons. The number of esters is 1. The number of carbonyl (C=O) groups is 1. The van der Waals surface area contributed by atoms with E-state index >= 15 is 0 Å². The molecule has 0 aliphatic heterocycles. The maximum absolute atomic E-state index is 11.5. The third-order valence-electron chi connectivity index (χ3n) is 2.64. The molecular weight excluding hydrogens is 264 g/mol.